The minimum atomic E-state index is -2.82. The molecular formula is C31H34F2N6OS. The Morgan fingerprint density at radius 3 is 2.66 bits per heavy atom. The Balaban J connectivity index is 1.20. The van der Waals surface area contributed by atoms with E-state index in [0.29, 0.717) is 40.5 Å². The molecule has 2 bridgehead atoms. The molecule has 0 spiro atoms. The van der Waals surface area contributed by atoms with Crippen LogP contribution in [0.1, 0.15) is 77.8 Å². The highest BCUT2D eigenvalue weighted by Gasteiger charge is 2.46. The fraction of sp³-hybridized carbons (Fsp3) is 0.452. The van der Waals surface area contributed by atoms with E-state index in [9.17, 15) is 13.6 Å². The number of likely N-dealkylation sites (tertiary alicyclic amines) is 1. The second kappa shape index (κ2) is 9.59. The zero-order chi connectivity index (χ0) is 28.7. The van der Waals surface area contributed by atoms with Gasteiger partial charge in [0.25, 0.3) is 5.56 Å². The van der Waals surface area contributed by atoms with Crippen LogP contribution in [0, 0.1) is 26.7 Å². The zero-order valence-electron chi connectivity index (χ0n) is 23.9. The average Bonchev–Trinajstić information content (AvgIpc) is 3.74. The van der Waals surface area contributed by atoms with E-state index in [4.69, 9.17) is 0 Å². The van der Waals surface area contributed by atoms with Crippen LogP contribution in [-0.2, 0) is 6.54 Å². The summed E-state index contributed by atoms with van der Waals surface area (Å²) in [6.45, 7) is 9.58. The highest BCUT2D eigenvalue weighted by Crippen LogP contribution is 2.53. The van der Waals surface area contributed by atoms with Crippen LogP contribution in [0.4, 0.5) is 8.78 Å². The molecule has 41 heavy (non-hydrogen) atoms. The molecule has 6 heterocycles. The van der Waals surface area contributed by atoms with Gasteiger partial charge in [-0.15, -0.1) is 11.3 Å². The summed E-state index contributed by atoms with van der Waals surface area (Å²) in [7, 11) is 0. The molecule has 0 amide bonds. The summed E-state index contributed by atoms with van der Waals surface area (Å²) in [4.78, 5) is 25.8. The summed E-state index contributed by atoms with van der Waals surface area (Å²) in [5.41, 5.74) is 8.16. The molecule has 2 fully saturated rings. The number of thiophene rings is 1. The van der Waals surface area contributed by atoms with Gasteiger partial charge in [-0.1, -0.05) is 19.9 Å². The number of fused-ring (bicyclic) bond motifs is 4. The number of pyridine rings is 2. The van der Waals surface area contributed by atoms with E-state index in [1.54, 1.807) is 18.5 Å². The number of hydrogen-bond acceptors (Lipinski definition) is 5. The van der Waals surface area contributed by atoms with E-state index in [1.807, 2.05) is 15.9 Å². The Bertz CT molecular complexity index is 1860. The van der Waals surface area contributed by atoms with Crippen molar-refractivity contribution in [2.24, 2.45) is 5.92 Å². The summed E-state index contributed by atoms with van der Waals surface area (Å²) in [5, 5.41) is 5.77. The van der Waals surface area contributed by atoms with Crippen molar-refractivity contribution in [2.75, 3.05) is 6.54 Å². The van der Waals surface area contributed by atoms with E-state index in [2.05, 4.69) is 60.8 Å². The number of aryl methyl sites for hydroxylation is 2. The monoisotopic (exact) mass is 576 g/mol. The van der Waals surface area contributed by atoms with Gasteiger partial charge in [0.1, 0.15) is 11.2 Å². The largest absolute Gasteiger partial charge is 0.346 e. The van der Waals surface area contributed by atoms with E-state index in [-0.39, 0.29) is 0 Å². The predicted octanol–water partition coefficient (Wildman–Crippen LogP) is 6.92. The predicted molar refractivity (Wildman–Crippen MR) is 158 cm³/mol. The van der Waals surface area contributed by atoms with Crippen LogP contribution in [0.3, 0.4) is 0 Å². The van der Waals surface area contributed by atoms with E-state index in [1.165, 1.54) is 37.5 Å². The van der Waals surface area contributed by atoms with Gasteiger partial charge in [0.05, 0.1) is 5.69 Å². The molecule has 1 aliphatic heterocycles. The highest BCUT2D eigenvalue weighted by molar-refractivity contribution is 7.19. The molecule has 10 heteroatoms. The van der Waals surface area contributed by atoms with E-state index in [0.717, 1.165) is 42.4 Å². The third-order valence-electron chi connectivity index (χ3n) is 9.56. The number of piperidine rings is 1. The fourth-order valence-electron chi connectivity index (χ4n) is 7.46. The summed E-state index contributed by atoms with van der Waals surface area (Å²) in [6.07, 6.45) is 6.99. The molecule has 3 atom stereocenters. The quantitative estimate of drug-likeness (QED) is 0.238. The first-order valence-corrected chi connectivity index (χ1v) is 15.1. The second-order valence-electron chi connectivity index (χ2n) is 12.1. The van der Waals surface area contributed by atoms with Crippen LogP contribution in [0.15, 0.2) is 35.6 Å². The lowest BCUT2D eigenvalue weighted by Crippen LogP contribution is -2.36. The maximum atomic E-state index is 13.2. The van der Waals surface area contributed by atoms with Crippen molar-refractivity contribution in [1.29, 1.82) is 0 Å². The smallest absolute Gasteiger partial charge is 0.321 e. The molecule has 1 saturated carbocycles. The van der Waals surface area contributed by atoms with Crippen molar-refractivity contribution < 1.29 is 8.78 Å². The zero-order valence-corrected chi connectivity index (χ0v) is 24.7. The highest BCUT2D eigenvalue weighted by atomic mass is 32.1. The van der Waals surface area contributed by atoms with Crippen molar-refractivity contribution in [2.45, 2.75) is 78.4 Å². The minimum Gasteiger partial charge on any atom is -0.346 e. The Kier molecular flexibility index (Phi) is 6.20. The number of halogens is 2. The maximum Gasteiger partial charge on any atom is 0.321 e. The average molecular weight is 577 g/mol. The molecular weight excluding hydrogens is 542 g/mol. The maximum absolute atomic E-state index is 13.2. The lowest BCUT2D eigenvalue weighted by atomic mass is 9.88. The molecule has 7 nitrogen and oxygen atoms in total. The van der Waals surface area contributed by atoms with Crippen LogP contribution in [-0.4, -0.2) is 41.6 Å². The number of H-pyrrole nitrogens is 1. The Morgan fingerprint density at radius 1 is 1.15 bits per heavy atom. The normalized spacial score (nSPS) is 21.0. The number of rotatable bonds is 6. The molecule has 5 aromatic rings. The first-order chi connectivity index (χ1) is 19.6. The molecule has 2 aliphatic rings. The van der Waals surface area contributed by atoms with Crippen LogP contribution in [0.25, 0.3) is 27.1 Å². The van der Waals surface area contributed by atoms with E-state index >= 15 is 0 Å². The van der Waals surface area contributed by atoms with Gasteiger partial charge in [0.15, 0.2) is 5.65 Å². The minimum absolute atomic E-state index is 0.338. The van der Waals surface area contributed by atoms with Gasteiger partial charge < -0.3 is 4.98 Å². The van der Waals surface area contributed by atoms with Crippen LogP contribution >= 0.6 is 11.3 Å². The van der Waals surface area contributed by atoms with E-state index < -0.39 is 12.1 Å². The number of hydrogen-bond donors (Lipinski definition) is 1. The number of nitrogens with zero attached hydrogens (tertiary/aromatic N) is 5. The summed E-state index contributed by atoms with van der Waals surface area (Å²) >= 11 is 1.89. The number of nitrogens with one attached hydrogen (secondary N) is 1. The van der Waals surface area contributed by atoms with Crippen molar-refractivity contribution in [3.05, 3.63) is 73.9 Å². The lowest BCUT2D eigenvalue weighted by molar-refractivity contribution is 0.0655. The van der Waals surface area contributed by atoms with Gasteiger partial charge in [-0.05, 0) is 79.7 Å². The lowest BCUT2D eigenvalue weighted by Gasteiger charge is -2.31. The first kappa shape index (κ1) is 26.5. The molecule has 5 aromatic heterocycles. The molecule has 0 aromatic carbocycles. The SMILES string of the molecule is Cc1c(-c2[nH]c3sc([C@@H]4CC5C[C@H]4CN5Cc4cccn(C(F)F)c4=O)c(C)c3c2C(C)C)cn2ncnc2c1C. The van der Waals surface area contributed by atoms with Gasteiger partial charge in [0, 0.05) is 52.9 Å². The van der Waals surface area contributed by atoms with Gasteiger partial charge in [-0.2, -0.15) is 13.9 Å². The molecule has 7 rings (SSSR count). The fourth-order valence-corrected chi connectivity index (χ4v) is 8.89. The standard InChI is InChI=1S/C31H34F2N6OS/c1-15(2)24-25-18(5)27(41-29(25)36-26(24)23-13-39-28(34-14-35-39)17(4)16(23)3)22-10-21-9-20(22)12-37(21)11-19-7-6-8-38(30(19)40)31(32)33/h6-8,13-15,20-22,31,36H,9-12H2,1-5H3/t20-,21?,22+/m0/s1. The van der Waals surface area contributed by atoms with Crippen LogP contribution in [0.5, 0.6) is 0 Å². The Morgan fingerprint density at radius 2 is 1.95 bits per heavy atom. The van der Waals surface area contributed by atoms with Crippen molar-refractivity contribution in [3.8, 4) is 11.3 Å². The van der Waals surface area contributed by atoms with Crippen molar-refractivity contribution >= 4 is 27.2 Å². The first-order valence-electron chi connectivity index (χ1n) is 14.3. The van der Waals surface area contributed by atoms with Crippen molar-refractivity contribution in [1.82, 2.24) is 29.0 Å². The van der Waals surface area contributed by atoms with Gasteiger partial charge in [-0.25, -0.2) is 9.50 Å². The Labute approximate surface area is 240 Å². The molecule has 1 N–H and O–H groups in total. The Hall–Kier alpha value is -3.37. The number of alkyl halides is 2. The topological polar surface area (TPSA) is 71.2 Å². The number of aromatic amines is 1. The van der Waals surface area contributed by atoms with Crippen molar-refractivity contribution in [3.63, 3.8) is 0 Å². The van der Waals surface area contributed by atoms with Gasteiger partial charge in [-0.3, -0.25) is 14.3 Å². The molecule has 1 unspecified atom stereocenters. The molecule has 1 aliphatic carbocycles. The summed E-state index contributed by atoms with van der Waals surface area (Å²) in [5.74, 6) is 1.32. The molecule has 214 valence electrons. The third kappa shape index (κ3) is 4.01. The summed E-state index contributed by atoms with van der Waals surface area (Å²) < 4.78 is 28.9. The van der Waals surface area contributed by atoms with Gasteiger partial charge in [0.2, 0.25) is 0 Å². The molecule has 1 saturated heterocycles. The second-order valence-corrected chi connectivity index (χ2v) is 13.2. The van der Waals surface area contributed by atoms with Crippen LogP contribution in [0.2, 0.25) is 0 Å². The summed E-state index contributed by atoms with van der Waals surface area (Å²) in [6, 6.07) is 3.60. The number of aromatic nitrogens is 5. The third-order valence-corrected chi connectivity index (χ3v) is 10.9. The molecule has 0 radical (unpaired) electrons. The van der Waals surface area contributed by atoms with Crippen LogP contribution < -0.4 is 5.56 Å². The van der Waals surface area contributed by atoms with Gasteiger partial charge >= 0.3 is 6.55 Å².